The molecule has 0 unspecified atom stereocenters. The molecular weight excluding hydrogens is 283 g/mol. The first-order chi connectivity index (χ1) is 9.40. The smallest absolute Gasteiger partial charge is 0.325 e. The van der Waals surface area contributed by atoms with Gasteiger partial charge in [0.1, 0.15) is 5.82 Å². The number of carboxylic acids is 1. The van der Waals surface area contributed by atoms with E-state index in [1.54, 1.807) is 0 Å². The molecule has 0 atom stereocenters. The topological polar surface area (TPSA) is 71.4 Å². The third-order valence-electron chi connectivity index (χ3n) is 3.94. The van der Waals surface area contributed by atoms with Crippen LogP contribution < -0.4 is 0 Å². The summed E-state index contributed by atoms with van der Waals surface area (Å²) in [4.78, 5) is 11.5. The van der Waals surface area contributed by atoms with E-state index in [0.717, 1.165) is 37.1 Å². The first-order valence-electron chi connectivity index (χ1n) is 6.64. The molecule has 2 rings (SSSR count). The molecular formula is C14H17FO4S. The van der Waals surface area contributed by atoms with E-state index in [0.29, 0.717) is 12.8 Å². The average molecular weight is 300 g/mol. The maximum Gasteiger partial charge on any atom is 0.325 e. The van der Waals surface area contributed by atoms with Crippen molar-refractivity contribution < 1.29 is 22.7 Å². The predicted octanol–water partition coefficient (Wildman–Crippen LogP) is 2.78. The third kappa shape index (κ3) is 2.44. The van der Waals surface area contributed by atoms with E-state index in [4.69, 9.17) is 0 Å². The van der Waals surface area contributed by atoms with Gasteiger partial charge < -0.3 is 5.11 Å². The van der Waals surface area contributed by atoms with E-state index in [1.807, 2.05) is 0 Å². The summed E-state index contributed by atoms with van der Waals surface area (Å²) in [5, 5.41) is 9.51. The number of carbonyl (C=O) groups is 1. The third-order valence-corrected chi connectivity index (χ3v) is 6.44. The lowest BCUT2D eigenvalue weighted by atomic mass is 9.99. The zero-order valence-electron chi connectivity index (χ0n) is 11.0. The lowest BCUT2D eigenvalue weighted by molar-refractivity contribution is -0.140. The Labute approximate surface area is 117 Å². The van der Waals surface area contributed by atoms with Crippen molar-refractivity contribution in [3.05, 3.63) is 30.1 Å². The van der Waals surface area contributed by atoms with Crippen LogP contribution in [0.15, 0.2) is 29.2 Å². The fraction of sp³-hybridized carbons (Fsp3) is 0.500. The normalized spacial score (nSPS) is 19.2. The molecule has 0 heterocycles. The van der Waals surface area contributed by atoms with Crippen molar-refractivity contribution >= 4 is 15.8 Å². The molecule has 0 aromatic heterocycles. The minimum atomic E-state index is -4.03. The molecule has 1 aliphatic carbocycles. The zero-order valence-corrected chi connectivity index (χ0v) is 11.8. The lowest BCUT2D eigenvalue weighted by Gasteiger charge is -2.27. The van der Waals surface area contributed by atoms with Gasteiger partial charge in [-0.15, -0.1) is 0 Å². The number of carboxylic acid groups (broad SMARTS) is 1. The largest absolute Gasteiger partial charge is 0.480 e. The van der Waals surface area contributed by atoms with Gasteiger partial charge in [0.15, 0.2) is 14.6 Å². The van der Waals surface area contributed by atoms with E-state index in [9.17, 15) is 22.7 Å². The highest BCUT2D eigenvalue weighted by Gasteiger charge is 2.51. The van der Waals surface area contributed by atoms with E-state index in [2.05, 4.69) is 0 Å². The Morgan fingerprint density at radius 1 is 1.05 bits per heavy atom. The molecule has 0 aliphatic heterocycles. The van der Waals surface area contributed by atoms with E-state index >= 15 is 0 Å². The summed E-state index contributed by atoms with van der Waals surface area (Å²) in [7, 11) is -4.03. The maximum atomic E-state index is 12.9. The molecule has 1 aliphatic rings. The van der Waals surface area contributed by atoms with Gasteiger partial charge in [-0.25, -0.2) is 12.8 Å². The Kier molecular flexibility index (Phi) is 4.13. The van der Waals surface area contributed by atoms with Crippen LogP contribution in [0, 0.1) is 5.82 Å². The molecule has 1 N–H and O–H groups in total. The van der Waals surface area contributed by atoms with Gasteiger partial charge in [0.25, 0.3) is 0 Å². The van der Waals surface area contributed by atoms with Crippen LogP contribution in [0.3, 0.4) is 0 Å². The fourth-order valence-electron chi connectivity index (χ4n) is 2.74. The summed E-state index contributed by atoms with van der Waals surface area (Å²) in [5.41, 5.74) is 0. The van der Waals surface area contributed by atoms with Gasteiger partial charge in [-0.1, -0.05) is 25.7 Å². The van der Waals surface area contributed by atoms with Gasteiger partial charge in [-0.3, -0.25) is 4.79 Å². The highest BCUT2D eigenvalue weighted by Crippen LogP contribution is 2.38. The maximum absolute atomic E-state index is 12.9. The van der Waals surface area contributed by atoms with Gasteiger partial charge in [-0.2, -0.15) is 0 Å². The summed E-state index contributed by atoms with van der Waals surface area (Å²) in [6.07, 6.45) is 3.06. The summed E-state index contributed by atoms with van der Waals surface area (Å²) in [6, 6.07) is 4.36. The van der Waals surface area contributed by atoms with Crippen molar-refractivity contribution in [2.45, 2.75) is 48.2 Å². The second-order valence-corrected chi connectivity index (χ2v) is 7.43. The Morgan fingerprint density at radius 2 is 1.55 bits per heavy atom. The highest BCUT2D eigenvalue weighted by atomic mass is 32.2. The molecule has 1 saturated carbocycles. The molecule has 1 fully saturated rings. The van der Waals surface area contributed by atoms with E-state index in [1.165, 1.54) is 0 Å². The van der Waals surface area contributed by atoms with Crippen molar-refractivity contribution in [1.82, 2.24) is 0 Å². The quantitative estimate of drug-likeness (QED) is 0.688. The molecule has 0 amide bonds. The standard InChI is InChI=1S/C14H17FO4S/c15-11-5-7-12(8-6-11)20(18,19)14(13(16)17)9-3-1-2-4-10-14/h5-8H,1-4,9-10H2,(H,16,17). The van der Waals surface area contributed by atoms with Crippen LogP contribution in [0.25, 0.3) is 0 Å². The molecule has 1 aromatic carbocycles. The summed E-state index contributed by atoms with van der Waals surface area (Å²) in [5.74, 6) is -1.85. The van der Waals surface area contributed by atoms with Gasteiger partial charge >= 0.3 is 5.97 Å². The van der Waals surface area contributed by atoms with Crippen molar-refractivity contribution in [2.24, 2.45) is 0 Å². The molecule has 110 valence electrons. The number of aliphatic carboxylic acids is 1. The van der Waals surface area contributed by atoms with Gasteiger partial charge in [0.2, 0.25) is 0 Å². The van der Waals surface area contributed by atoms with E-state index in [-0.39, 0.29) is 17.7 Å². The van der Waals surface area contributed by atoms with Gasteiger partial charge in [0, 0.05) is 0 Å². The van der Waals surface area contributed by atoms with Gasteiger partial charge in [0.05, 0.1) is 4.90 Å². The Balaban J connectivity index is 2.52. The van der Waals surface area contributed by atoms with Crippen LogP contribution in [0.4, 0.5) is 4.39 Å². The summed E-state index contributed by atoms with van der Waals surface area (Å²) < 4.78 is 36.6. The van der Waals surface area contributed by atoms with Crippen molar-refractivity contribution in [3.63, 3.8) is 0 Å². The molecule has 0 saturated heterocycles. The molecule has 1 aromatic rings. The number of hydrogen-bond donors (Lipinski definition) is 1. The highest BCUT2D eigenvalue weighted by molar-refractivity contribution is 7.93. The van der Waals surface area contributed by atoms with Crippen molar-refractivity contribution in [1.29, 1.82) is 0 Å². The zero-order chi connectivity index (χ0) is 14.8. The van der Waals surface area contributed by atoms with Crippen LogP contribution >= 0.6 is 0 Å². The Morgan fingerprint density at radius 3 is 2.00 bits per heavy atom. The van der Waals surface area contributed by atoms with E-state index < -0.39 is 26.4 Å². The molecule has 20 heavy (non-hydrogen) atoms. The lowest BCUT2D eigenvalue weighted by Crippen LogP contribution is -2.46. The number of halogens is 1. The minimum absolute atomic E-state index is 0.113. The number of hydrogen-bond acceptors (Lipinski definition) is 3. The first kappa shape index (κ1) is 15.0. The van der Waals surface area contributed by atoms with Crippen LogP contribution in [0.2, 0.25) is 0 Å². The monoisotopic (exact) mass is 300 g/mol. The predicted molar refractivity (Wildman–Crippen MR) is 71.7 cm³/mol. The van der Waals surface area contributed by atoms with Crippen LogP contribution in [0.1, 0.15) is 38.5 Å². The summed E-state index contributed by atoms with van der Waals surface area (Å²) in [6.45, 7) is 0. The summed E-state index contributed by atoms with van der Waals surface area (Å²) >= 11 is 0. The van der Waals surface area contributed by atoms with Crippen LogP contribution in [-0.2, 0) is 14.6 Å². The average Bonchev–Trinajstić information content (AvgIpc) is 2.66. The fourth-order valence-corrected chi connectivity index (χ4v) is 4.74. The van der Waals surface area contributed by atoms with Crippen LogP contribution in [-0.4, -0.2) is 24.2 Å². The Bertz CT molecular complexity index is 584. The molecule has 0 bridgehead atoms. The minimum Gasteiger partial charge on any atom is -0.480 e. The Hall–Kier alpha value is -1.43. The number of sulfone groups is 1. The molecule has 0 radical (unpaired) electrons. The number of benzene rings is 1. The second-order valence-electron chi connectivity index (χ2n) is 5.17. The second kappa shape index (κ2) is 5.52. The molecule has 4 nitrogen and oxygen atoms in total. The number of rotatable bonds is 3. The molecule has 0 spiro atoms. The van der Waals surface area contributed by atoms with Crippen molar-refractivity contribution in [2.75, 3.05) is 0 Å². The van der Waals surface area contributed by atoms with Gasteiger partial charge in [-0.05, 0) is 37.1 Å². The van der Waals surface area contributed by atoms with Crippen molar-refractivity contribution in [3.8, 4) is 0 Å². The molecule has 6 heteroatoms. The first-order valence-corrected chi connectivity index (χ1v) is 8.12. The SMILES string of the molecule is O=C(O)C1(S(=O)(=O)c2ccc(F)cc2)CCCCCC1. The van der Waals surface area contributed by atoms with Crippen LogP contribution in [0.5, 0.6) is 0 Å².